The Morgan fingerprint density at radius 2 is 2.45 bits per heavy atom. The summed E-state index contributed by atoms with van der Waals surface area (Å²) >= 11 is 4.50. The van der Waals surface area contributed by atoms with Crippen LogP contribution in [0.25, 0.3) is 0 Å². The Labute approximate surface area is 76.2 Å². The van der Waals surface area contributed by atoms with Crippen molar-refractivity contribution in [2.75, 3.05) is 0 Å². The van der Waals surface area contributed by atoms with Crippen LogP contribution < -0.4 is 0 Å². The smallest absolute Gasteiger partial charge is 0.355 e. The first-order valence-corrected chi connectivity index (χ1v) is 4.64. The summed E-state index contributed by atoms with van der Waals surface area (Å²) in [6.07, 6.45) is 0.713. The van der Waals surface area contributed by atoms with E-state index in [-0.39, 0.29) is 5.69 Å². The number of carboxylic acid groups (broad SMARTS) is 1. The zero-order chi connectivity index (χ0) is 8.43. The van der Waals surface area contributed by atoms with Crippen LogP contribution in [0, 0.1) is 0 Å². The third-order valence-corrected chi connectivity index (χ3v) is 2.85. The number of halogens is 1. The fourth-order valence-corrected chi connectivity index (χ4v) is 2.21. The van der Waals surface area contributed by atoms with Crippen LogP contribution in [0.1, 0.15) is 22.3 Å². The molecular weight excluding hydrogens is 230 g/mol. The maximum absolute atomic E-state index is 10.5. The first kappa shape index (κ1) is 8.67. The van der Waals surface area contributed by atoms with Gasteiger partial charge in [0, 0.05) is 4.88 Å². The molecule has 5 heteroatoms. The van der Waals surface area contributed by atoms with Crippen LogP contribution in [0.2, 0.25) is 0 Å². The first-order valence-electron chi connectivity index (χ1n) is 3.03. The fourth-order valence-electron chi connectivity index (χ4n) is 0.730. The molecule has 0 saturated heterocycles. The monoisotopic (exact) mass is 235 g/mol. The molecule has 1 rings (SSSR count). The molecule has 0 aliphatic heterocycles. The second-order valence-corrected chi connectivity index (χ2v) is 4.26. The van der Waals surface area contributed by atoms with E-state index in [1.165, 1.54) is 11.3 Å². The third-order valence-electron chi connectivity index (χ3n) is 1.19. The Bertz CT molecular complexity index is 284. The lowest BCUT2D eigenvalue weighted by atomic mass is 10.3. The minimum absolute atomic E-state index is 0.171. The topological polar surface area (TPSA) is 50.2 Å². The molecule has 0 atom stereocenters. The molecule has 1 aromatic heterocycles. The average Bonchev–Trinajstić information content (AvgIpc) is 2.30. The summed E-state index contributed by atoms with van der Waals surface area (Å²) in [7, 11) is 0. The quantitative estimate of drug-likeness (QED) is 0.855. The van der Waals surface area contributed by atoms with Crippen molar-refractivity contribution in [3.05, 3.63) is 14.5 Å². The maximum atomic E-state index is 10.5. The molecule has 0 radical (unpaired) electrons. The highest BCUT2D eigenvalue weighted by molar-refractivity contribution is 9.11. The SMILES string of the molecule is CCc1sc(Br)nc1C(=O)O. The molecule has 0 fully saturated rings. The van der Waals surface area contributed by atoms with Gasteiger partial charge in [-0.2, -0.15) is 0 Å². The van der Waals surface area contributed by atoms with Crippen molar-refractivity contribution in [2.24, 2.45) is 0 Å². The summed E-state index contributed by atoms with van der Waals surface area (Å²) in [5, 5.41) is 8.63. The fraction of sp³-hybridized carbons (Fsp3) is 0.333. The van der Waals surface area contributed by atoms with Gasteiger partial charge in [0.25, 0.3) is 0 Å². The normalized spacial score (nSPS) is 10.0. The van der Waals surface area contributed by atoms with Gasteiger partial charge in [-0.05, 0) is 22.4 Å². The van der Waals surface area contributed by atoms with Crippen LogP contribution in [0.3, 0.4) is 0 Å². The molecular formula is C6H6BrNO2S. The molecule has 0 saturated carbocycles. The number of thiazole rings is 1. The van der Waals surface area contributed by atoms with E-state index in [2.05, 4.69) is 20.9 Å². The van der Waals surface area contributed by atoms with Crippen LogP contribution in [-0.4, -0.2) is 16.1 Å². The van der Waals surface area contributed by atoms with Crippen LogP contribution in [0.5, 0.6) is 0 Å². The van der Waals surface area contributed by atoms with Crippen molar-refractivity contribution < 1.29 is 9.90 Å². The highest BCUT2D eigenvalue weighted by Gasteiger charge is 2.13. The van der Waals surface area contributed by atoms with Gasteiger partial charge in [-0.25, -0.2) is 9.78 Å². The Kier molecular flexibility index (Phi) is 2.62. The molecule has 0 aliphatic rings. The lowest BCUT2D eigenvalue weighted by Crippen LogP contribution is -1.99. The van der Waals surface area contributed by atoms with Crippen molar-refractivity contribution in [1.82, 2.24) is 4.98 Å². The second-order valence-electron chi connectivity index (χ2n) is 1.90. The highest BCUT2D eigenvalue weighted by Crippen LogP contribution is 2.23. The van der Waals surface area contributed by atoms with Crippen LogP contribution in [0.15, 0.2) is 3.92 Å². The molecule has 60 valence electrons. The minimum atomic E-state index is -0.955. The van der Waals surface area contributed by atoms with Crippen molar-refractivity contribution >= 4 is 33.2 Å². The van der Waals surface area contributed by atoms with Crippen molar-refractivity contribution in [3.8, 4) is 0 Å². The minimum Gasteiger partial charge on any atom is -0.476 e. The Morgan fingerprint density at radius 3 is 2.82 bits per heavy atom. The number of hydrogen-bond acceptors (Lipinski definition) is 3. The molecule has 1 aromatic rings. The lowest BCUT2D eigenvalue weighted by molar-refractivity contribution is 0.0690. The summed E-state index contributed by atoms with van der Waals surface area (Å²) in [6, 6.07) is 0. The van der Waals surface area contributed by atoms with Crippen molar-refractivity contribution in [3.63, 3.8) is 0 Å². The third kappa shape index (κ3) is 1.78. The van der Waals surface area contributed by atoms with E-state index >= 15 is 0 Å². The molecule has 0 bridgehead atoms. The molecule has 0 aliphatic carbocycles. The predicted molar refractivity (Wildman–Crippen MR) is 46.2 cm³/mol. The number of aryl methyl sites for hydroxylation is 1. The molecule has 1 heterocycles. The van der Waals surface area contributed by atoms with Crippen molar-refractivity contribution in [1.29, 1.82) is 0 Å². The summed E-state index contributed by atoms with van der Waals surface area (Å²) in [4.78, 5) is 15.1. The summed E-state index contributed by atoms with van der Waals surface area (Å²) in [6.45, 7) is 1.91. The number of rotatable bonds is 2. The predicted octanol–water partition coefficient (Wildman–Crippen LogP) is 2.17. The number of hydrogen-bond donors (Lipinski definition) is 1. The molecule has 11 heavy (non-hydrogen) atoms. The van der Waals surface area contributed by atoms with Crippen LogP contribution in [-0.2, 0) is 6.42 Å². The van der Waals surface area contributed by atoms with E-state index in [1.807, 2.05) is 6.92 Å². The Balaban J connectivity index is 3.12. The molecule has 0 aromatic carbocycles. The van der Waals surface area contributed by atoms with E-state index in [4.69, 9.17) is 5.11 Å². The zero-order valence-corrected chi connectivity index (χ0v) is 8.20. The van der Waals surface area contributed by atoms with E-state index in [1.54, 1.807) is 0 Å². The van der Waals surface area contributed by atoms with Gasteiger partial charge in [0.1, 0.15) is 0 Å². The number of carboxylic acids is 1. The van der Waals surface area contributed by atoms with Gasteiger partial charge in [0.15, 0.2) is 9.61 Å². The average molecular weight is 236 g/mol. The van der Waals surface area contributed by atoms with Crippen LogP contribution in [0.4, 0.5) is 0 Å². The lowest BCUT2D eigenvalue weighted by Gasteiger charge is -1.89. The van der Waals surface area contributed by atoms with E-state index < -0.39 is 5.97 Å². The first-order chi connectivity index (χ1) is 5.15. The second kappa shape index (κ2) is 3.32. The van der Waals surface area contributed by atoms with Gasteiger partial charge in [0.05, 0.1) is 0 Å². The molecule has 3 nitrogen and oxygen atoms in total. The Morgan fingerprint density at radius 1 is 1.82 bits per heavy atom. The van der Waals surface area contributed by atoms with Gasteiger partial charge >= 0.3 is 5.97 Å². The number of aromatic nitrogens is 1. The zero-order valence-electron chi connectivity index (χ0n) is 5.80. The number of aromatic carboxylic acids is 1. The summed E-state index contributed by atoms with van der Waals surface area (Å²) in [5.74, 6) is -0.955. The van der Waals surface area contributed by atoms with Gasteiger partial charge in [-0.1, -0.05) is 6.92 Å². The standard InChI is InChI=1S/C6H6BrNO2S/c1-2-3-4(5(9)10)8-6(7)11-3/h2H2,1H3,(H,9,10). The largest absolute Gasteiger partial charge is 0.476 e. The maximum Gasteiger partial charge on any atom is 0.355 e. The number of nitrogens with zero attached hydrogens (tertiary/aromatic N) is 1. The van der Waals surface area contributed by atoms with Gasteiger partial charge in [-0.3, -0.25) is 0 Å². The van der Waals surface area contributed by atoms with E-state index in [0.29, 0.717) is 10.3 Å². The summed E-state index contributed by atoms with van der Waals surface area (Å²) < 4.78 is 0.631. The number of carbonyl (C=O) groups is 1. The van der Waals surface area contributed by atoms with Gasteiger partial charge in [-0.15, -0.1) is 11.3 Å². The van der Waals surface area contributed by atoms with E-state index in [0.717, 1.165) is 4.88 Å². The molecule has 0 unspecified atom stereocenters. The molecule has 0 spiro atoms. The highest BCUT2D eigenvalue weighted by atomic mass is 79.9. The van der Waals surface area contributed by atoms with E-state index in [9.17, 15) is 4.79 Å². The molecule has 0 amide bonds. The Hall–Kier alpha value is -0.420. The van der Waals surface area contributed by atoms with Crippen LogP contribution >= 0.6 is 27.3 Å². The molecule has 1 N–H and O–H groups in total. The van der Waals surface area contributed by atoms with Crippen molar-refractivity contribution in [2.45, 2.75) is 13.3 Å². The van der Waals surface area contributed by atoms with Gasteiger partial charge in [0.2, 0.25) is 0 Å². The van der Waals surface area contributed by atoms with Gasteiger partial charge < -0.3 is 5.11 Å². The summed E-state index contributed by atoms with van der Waals surface area (Å²) in [5.41, 5.74) is 0.171.